The molecule has 1 N–H and O–H groups in total. The molecule has 0 fully saturated rings. The lowest BCUT2D eigenvalue weighted by molar-refractivity contribution is -0.138. The van der Waals surface area contributed by atoms with Crippen LogP contribution in [0.25, 0.3) is 0 Å². The van der Waals surface area contributed by atoms with Crippen LogP contribution in [0.2, 0.25) is 0 Å². The van der Waals surface area contributed by atoms with Gasteiger partial charge in [0.15, 0.2) is 0 Å². The zero-order valence-electron chi connectivity index (χ0n) is 18.2. The fourth-order valence-electron chi connectivity index (χ4n) is 2.94. The van der Waals surface area contributed by atoms with Crippen molar-refractivity contribution in [2.45, 2.75) is 58.5 Å². The molecule has 0 aliphatic rings. The molecule has 2 amide bonds. The summed E-state index contributed by atoms with van der Waals surface area (Å²) >= 11 is 5.03. The predicted molar refractivity (Wildman–Crippen MR) is 129 cm³/mol. The molecule has 0 saturated heterocycles. The number of thioether (sulfide) groups is 1. The summed E-state index contributed by atoms with van der Waals surface area (Å²) < 4.78 is 0.987. The molecule has 4 nitrogen and oxygen atoms in total. The van der Waals surface area contributed by atoms with E-state index in [0.29, 0.717) is 12.3 Å². The Hall–Kier alpha value is -1.79. The van der Waals surface area contributed by atoms with E-state index in [-0.39, 0.29) is 17.9 Å². The molecular formula is C24H31BrN2O2S. The van der Waals surface area contributed by atoms with Gasteiger partial charge in [0.1, 0.15) is 6.04 Å². The van der Waals surface area contributed by atoms with Crippen molar-refractivity contribution in [2.24, 2.45) is 0 Å². The van der Waals surface area contributed by atoms with E-state index in [1.807, 2.05) is 50.2 Å². The number of carbonyl (C=O) groups excluding carboxylic acids is 2. The molecule has 0 saturated carbocycles. The maximum absolute atomic E-state index is 13.1. The number of rotatable bonds is 10. The quantitative estimate of drug-likeness (QED) is 0.489. The third-order valence-electron chi connectivity index (χ3n) is 5.18. The van der Waals surface area contributed by atoms with Gasteiger partial charge in [-0.25, -0.2) is 0 Å². The first kappa shape index (κ1) is 24.5. The third kappa shape index (κ3) is 7.47. The summed E-state index contributed by atoms with van der Waals surface area (Å²) in [6, 6.07) is 15.6. The Kier molecular flexibility index (Phi) is 9.92. The van der Waals surface area contributed by atoms with Gasteiger partial charge in [0.25, 0.3) is 0 Å². The van der Waals surface area contributed by atoms with Crippen LogP contribution in [0.4, 0.5) is 0 Å². The van der Waals surface area contributed by atoms with Gasteiger partial charge in [-0.1, -0.05) is 59.3 Å². The topological polar surface area (TPSA) is 49.4 Å². The van der Waals surface area contributed by atoms with Crippen LogP contribution in [-0.4, -0.2) is 34.6 Å². The molecule has 0 radical (unpaired) electrons. The molecule has 0 aliphatic heterocycles. The fourth-order valence-corrected chi connectivity index (χ4v) is 4.19. The highest BCUT2D eigenvalue weighted by Crippen LogP contribution is 2.19. The highest BCUT2D eigenvalue weighted by atomic mass is 79.9. The van der Waals surface area contributed by atoms with E-state index < -0.39 is 6.04 Å². The summed E-state index contributed by atoms with van der Waals surface area (Å²) in [4.78, 5) is 27.5. The van der Waals surface area contributed by atoms with Gasteiger partial charge in [0.2, 0.25) is 11.8 Å². The number of nitrogens with one attached hydrogen (secondary N) is 1. The van der Waals surface area contributed by atoms with Crippen molar-refractivity contribution < 1.29 is 9.59 Å². The first-order valence-corrected chi connectivity index (χ1v) is 12.2. The maximum atomic E-state index is 13.1. The summed E-state index contributed by atoms with van der Waals surface area (Å²) in [5.41, 5.74) is 3.46. The molecule has 0 aromatic heterocycles. The van der Waals surface area contributed by atoms with E-state index in [0.717, 1.165) is 22.2 Å². The first-order chi connectivity index (χ1) is 14.3. The summed E-state index contributed by atoms with van der Waals surface area (Å²) in [5.74, 6) is 0.978. The van der Waals surface area contributed by atoms with Gasteiger partial charge in [0, 0.05) is 22.8 Å². The lowest BCUT2D eigenvalue weighted by Crippen LogP contribution is -2.50. The Morgan fingerprint density at radius 1 is 1.10 bits per heavy atom. The largest absolute Gasteiger partial charge is 0.352 e. The van der Waals surface area contributed by atoms with Gasteiger partial charge in [0.05, 0.1) is 5.75 Å². The van der Waals surface area contributed by atoms with Crippen LogP contribution in [0.1, 0.15) is 43.9 Å². The second-order valence-corrected chi connectivity index (χ2v) is 9.46. The van der Waals surface area contributed by atoms with Crippen LogP contribution in [0.15, 0.2) is 53.0 Å². The molecular weight excluding hydrogens is 460 g/mol. The number of benzene rings is 2. The van der Waals surface area contributed by atoms with E-state index >= 15 is 0 Å². The minimum absolute atomic E-state index is 0.0247. The summed E-state index contributed by atoms with van der Waals surface area (Å²) in [6.45, 7) is 8.30. The van der Waals surface area contributed by atoms with Gasteiger partial charge in [-0.15, -0.1) is 11.8 Å². The molecule has 0 heterocycles. The molecule has 0 aliphatic carbocycles. The highest BCUT2D eigenvalue weighted by Gasteiger charge is 2.26. The standard InChI is InChI=1S/C24H31BrN2O2S/c1-5-18(3)26-24(29)19(4)27(14-20-10-12-22(25)13-11-20)23(28)16-30-15-21-9-7-6-8-17(21)2/h6-13,18-19H,5,14-16H2,1-4H3,(H,26,29). The van der Waals surface area contributed by atoms with Gasteiger partial charge in [-0.3, -0.25) is 9.59 Å². The number of carbonyl (C=O) groups is 2. The number of aryl methyl sites for hydroxylation is 1. The molecule has 2 aromatic rings. The van der Waals surface area contributed by atoms with E-state index in [4.69, 9.17) is 0 Å². The molecule has 30 heavy (non-hydrogen) atoms. The molecule has 2 atom stereocenters. The predicted octanol–water partition coefficient (Wildman–Crippen LogP) is 5.32. The fraction of sp³-hybridized carbons (Fsp3) is 0.417. The molecule has 162 valence electrons. The SMILES string of the molecule is CCC(C)NC(=O)C(C)N(Cc1ccc(Br)cc1)C(=O)CSCc1ccccc1C. The Labute approximate surface area is 192 Å². The lowest BCUT2D eigenvalue weighted by atomic mass is 10.1. The molecule has 0 bridgehead atoms. The van der Waals surface area contributed by atoms with Crippen molar-refractivity contribution >= 4 is 39.5 Å². The maximum Gasteiger partial charge on any atom is 0.242 e. The summed E-state index contributed by atoms with van der Waals surface area (Å²) in [6.07, 6.45) is 0.853. The van der Waals surface area contributed by atoms with Crippen molar-refractivity contribution in [3.63, 3.8) is 0 Å². The minimum atomic E-state index is -0.533. The lowest BCUT2D eigenvalue weighted by Gasteiger charge is -2.29. The highest BCUT2D eigenvalue weighted by molar-refractivity contribution is 9.10. The van der Waals surface area contributed by atoms with Crippen molar-refractivity contribution in [1.82, 2.24) is 10.2 Å². The zero-order valence-corrected chi connectivity index (χ0v) is 20.6. The van der Waals surface area contributed by atoms with Crippen molar-refractivity contribution in [1.29, 1.82) is 0 Å². The van der Waals surface area contributed by atoms with E-state index in [9.17, 15) is 9.59 Å². The monoisotopic (exact) mass is 490 g/mol. The Bertz CT molecular complexity index is 841. The first-order valence-electron chi connectivity index (χ1n) is 10.3. The van der Waals surface area contributed by atoms with E-state index in [2.05, 4.69) is 40.3 Å². The molecule has 6 heteroatoms. The van der Waals surface area contributed by atoms with Crippen LogP contribution >= 0.6 is 27.7 Å². The third-order valence-corrected chi connectivity index (χ3v) is 6.67. The molecule has 2 rings (SSSR count). The second kappa shape index (κ2) is 12.2. The number of halogens is 1. The van der Waals surface area contributed by atoms with Crippen LogP contribution in [0.5, 0.6) is 0 Å². The number of amides is 2. The van der Waals surface area contributed by atoms with Gasteiger partial charge in [-0.05, 0) is 56.0 Å². The zero-order chi connectivity index (χ0) is 22.1. The average molecular weight is 491 g/mol. The Morgan fingerprint density at radius 2 is 1.77 bits per heavy atom. The molecule has 2 unspecified atom stereocenters. The van der Waals surface area contributed by atoms with Crippen LogP contribution in [0.3, 0.4) is 0 Å². The van der Waals surface area contributed by atoms with Crippen LogP contribution < -0.4 is 5.32 Å². The van der Waals surface area contributed by atoms with Crippen molar-refractivity contribution in [3.05, 3.63) is 69.7 Å². The van der Waals surface area contributed by atoms with E-state index in [1.165, 1.54) is 11.1 Å². The minimum Gasteiger partial charge on any atom is -0.352 e. The van der Waals surface area contributed by atoms with E-state index in [1.54, 1.807) is 23.6 Å². The van der Waals surface area contributed by atoms with Crippen molar-refractivity contribution in [3.8, 4) is 0 Å². The Balaban J connectivity index is 2.08. The molecule has 0 spiro atoms. The van der Waals surface area contributed by atoms with Gasteiger partial charge < -0.3 is 10.2 Å². The number of hydrogen-bond donors (Lipinski definition) is 1. The van der Waals surface area contributed by atoms with Gasteiger partial charge in [-0.2, -0.15) is 0 Å². The average Bonchev–Trinajstić information content (AvgIpc) is 2.73. The second-order valence-electron chi connectivity index (χ2n) is 7.56. The normalized spacial score (nSPS) is 12.8. The number of nitrogens with zero attached hydrogens (tertiary/aromatic N) is 1. The number of hydrogen-bond acceptors (Lipinski definition) is 3. The van der Waals surface area contributed by atoms with Crippen molar-refractivity contribution in [2.75, 3.05) is 5.75 Å². The summed E-state index contributed by atoms with van der Waals surface area (Å²) in [5, 5.41) is 3.00. The van der Waals surface area contributed by atoms with Crippen LogP contribution in [0, 0.1) is 6.92 Å². The molecule has 2 aromatic carbocycles. The van der Waals surface area contributed by atoms with Gasteiger partial charge >= 0.3 is 0 Å². The Morgan fingerprint density at radius 3 is 2.40 bits per heavy atom. The summed E-state index contributed by atoms with van der Waals surface area (Å²) in [7, 11) is 0. The smallest absolute Gasteiger partial charge is 0.242 e. The van der Waals surface area contributed by atoms with Crippen LogP contribution in [-0.2, 0) is 21.9 Å².